The SMILES string of the molecule is C[C@H](NC(=O)[C@@H](N)CC(C(=O)O)C(C)(C)C)C(=O)N[C@@H](CC(C(=O)O)C(C)(C)C)C(=O)N[C@@H](CC(N)=O)C(=O)O. The Morgan fingerprint density at radius 3 is 1.45 bits per heavy atom. The summed E-state index contributed by atoms with van der Waals surface area (Å²) in [5, 5.41) is 35.3. The number of rotatable bonds is 15. The van der Waals surface area contributed by atoms with Gasteiger partial charge in [-0.15, -0.1) is 0 Å². The monoisotopic (exact) mass is 573 g/mol. The summed E-state index contributed by atoms with van der Waals surface area (Å²) in [6.45, 7) is 11.1. The molecule has 0 aliphatic rings. The number of hydrogen-bond donors (Lipinski definition) is 8. The molecule has 0 radical (unpaired) electrons. The third-order valence-corrected chi connectivity index (χ3v) is 6.39. The summed E-state index contributed by atoms with van der Waals surface area (Å²) in [4.78, 5) is 84.8. The van der Waals surface area contributed by atoms with Gasteiger partial charge in [0.25, 0.3) is 0 Å². The van der Waals surface area contributed by atoms with Gasteiger partial charge in [0.15, 0.2) is 0 Å². The van der Waals surface area contributed by atoms with Gasteiger partial charge in [-0.2, -0.15) is 0 Å². The van der Waals surface area contributed by atoms with Gasteiger partial charge in [-0.25, -0.2) is 4.79 Å². The minimum Gasteiger partial charge on any atom is -0.481 e. The molecule has 2 unspecified atom stereocenters. The van der Waals surface area contributed by atoms with Crippen molar-refractivity contribution in [2.24, 2.45) is 34.1 Å². The number of primary amides is 1. The van der Waals surface area contributed by atoms with Gasteiger partial charge in [0, 0.05) is 0 Å². The molecule has 15 heteroatoms. The van der Waals surface area contributed by atoms with Gasteiger partial charge in [0.2, 0.25) is 23.6 Å². The Balaban J connectivity index is 5.84. The van der Waals surface area contributed by atoms with Crippen molar-refractivity contribution in [3.05, 3.63) is 0 Å². The topological polar surface area (TPSA) is 268 Å². The number of nitrogens with one attached hydrogen (secondary N) is 3. The molecule has 4 amide bonds. The molecule has 0 saturated carbocycles. The van der Waals surface area contributed by atoms with Gasteiger partial charge in [-0.3, -0.25) is 28.8 Å². The van der Waals surface area contributed by atoms with E-state index in [0.717, 1.165) is 0 Å². The molecule has 0 saturated heterocycles. The Labute approximate surface area is 232 Å². The van der Waals surface area contributed by atoms with Crippen molar-refractivity contribution in [3.8, 4) is 0 Å². The Morgan fingerprint density at radius 2 is 1.07 bits per heavy atom. The first-order chi connectivity index (χ1) is 18.0. The van der Waals surface area contributed by atoms with Crippen molar-refractivity contribution in [2.75, 3.05) is 0 Å². The van der Waals surface area contributed by atoms with E-state index in [-0.39, 0.29) is 6.42 Å². The standard InChI is InChI=1S/C25H43N5O10/c1-11(28-19(33)14(26)8-12(21(35)36)24(2,3)4)18(32)29-15(9-13(22(37)38)25(5,6)7)20(34)30-16(23(39)40)10-17(27)31/h11-16H,8-10,26H2,1-7H3,(H2,27,31)(H,28,33)(H,29,32)(H,30,34)(H,35,36)(H,37,38)(H,39,40)/t11-,12?,13?,14-,15-,16-/m0/s1. The van der Waals surface area contributed by atoms with Crippen LogP contribution in [0.25, 0.3) is 0 Å². The number of carboxylic acids is 3. The van der Waals surface area contributed by atoms with Crippen LogP contribution in [0.4, 0.5) is 0 Å². The van der Waals surface area contributed by atoms with E-state index < -0.39 is 101 Å². The predicted octanol–water partition coefficient (Wildman–Crippen LogP) is -0.978. The lowest BCUT2D eigenvalue weighted by Crippen LogP contribution is -2.57. The molecule has 0 heterocycles. The van der Waals surface area contributed by atoms with Crippen molar-refractivity contribution in [1.82, 2.24) is 16.0 Å². The van der Waals surface area contributed by atoms with Crippen molar-refractivity contribution in [2.45, 2.75) is 91.9 Å². The Hall–Kier alpha value is -3.75. The Bertz CT molecular complexity index is 985. The van der Waals surface area contributed by atoms with Gasteiger partial charge >= 0.3 is 17.9 Å². The highest BCUT2D eigenvalue weighted by Crippen LogP contribution is 2.31. The zero-order chi connectivity index (χ0) is 31.7. The number of hydrogen-bond acceptors (Lipinski definition) is 8. The maximum atomic E-state index is 13.0. The molecular formula is C25H43N5O10. The van der Waals surface area contributed by atoms with Crippen LogP contribution in [0.2, 0.25) is 0 Å². The lowest BCUT2D eigenvalue weighted by molar-refractivity contribution is -0.148. The first kappa shape index (κ1) is 36.2. The van der Waals surface area contributed by atoms with Crippen LogP contribution in [0.5, 0.6) is 0 Å². The summed E-state index contributed by atoms with van der Waals surface area (Å²) in [6.07, 6.45) is -1.42. The lowest BCUT2D eigenvalue weighted by Gasteiger charge is -2.31. The molecule has 15 nitrogen and oxygen atoms in total. The Morgan fingerprint density at radius 1 is 0.650 bits per heavy atom. The molecule has 228 valence electrons. The minimum atomic E-state index is -1.73. The van der Waals surface area contributed by atoms with Crippen molar-refractivity contribution in [3.63, 3.8) is 0 Å². The lowest BCUT2D eigenvalue weighted by atomic mass is 9.77. The molecule has 0 aromatic carbocycles. The van der Waals surface area contributed by atoms with Crippen LogP contribution < -0.4 is 27.4 Å². The number of carboxylic acid groups (broad SMARTS) is 3. The molecule has 40 heavy (non-hydrogen) atoms. The first-order valence-electron chi connectivity index (χ1n) is 12.6. The van der Waals surface area contributed by atoms with Crippen LogP contribution in [0, 0.1) is 22.7 Å². The van der Waals surface area contributed by atoms with E-state index >= 15 is 0 Å². The molecule has 0 aromatic rings. The van der Waals surface area contributed by atoms with E-state index in [2.05, 4.69) is 16.0 Å². The zero-order valence-corrected chi connectivity index (χ0v) is 23.9. The van der Waals surface area contributed by atoms with Crippen LogP contribution in [-0.4, -0.2) is 81.0 Å². The highest BCUT2D eigenvalue weighted by Gasteiger charge is 2.38. The molecule has 6 atom stereocenters. The highest BCUT2D eigenvalue weighted by atomic mass is 16.4. The molecule has 0 aliphatic heterocycles. The fourth-order valence-corrected chi connectivity index (χ4v) is 3.83. The third kappa shape index (κ3) is 12.0. The first-order valence-corrected chi connectivity index (χ1v) is 12.6. The second-order valence-corrected chi connectivity index (χ2v) is 12.0. The fraction of sp³-hybridized carbons (Fsp3) is 0.720. The summed E-state index contributed by atoms with van der Waals surface area (Å²) in [6, 6.07) is -5.89. The molecular weight excluding hydrogens is 530 g/mol. The maximum Gasteiger partial charge on any atom is 0.326 e. The number of aliphatic carboxylic acids is 3. The molecule has 0 rings (SSSR count). The molecule has 0 aliphatic carbocycles. The van der Waals surface area contributed by atoms with E-state index in [4.69, 9.17) is 11.5 Å². The molecule has 0 aromatic heterocycles. The fourth-order valence-electron chi connectivity index (χ4n) is 3.83. The van der Waals surface area contributed by atoms with Gasteiger partial charge in [0.1, 0.15) is 18.1 Å². The second kappa shape index (κ2) is 14.6. The molecule has 10 N–H and O–H groups in total. The normalized spacial score (nSPS) is 16.3. The number of carbonyl (C=O) groups is 7. The average molecular weight is 574 g/mol. The van der Waals surface area contributed by atoms with Crippen LogP contribution in [0.3, 0.4) is 0 Å². The van der Waals surface area contributed by atoms with E-state index in [1.54, 1.807) is 41.5 Å². The van der Waals surface area contributed by atoms with Crippen molar-refractivity contribution >= 4 is 41.5 Å². The smallest absolute Gasteiger partial charge is 0.326 e. The summed E-state index contributed by atoms with van der Waals surface area (Å²) >= 11 is 0. The predicted molar refractivity (Wildman–Crippen MR) is 141 cm³/mol. The zero-order valence-electron chi connectivity index (χ0n) is 23.9. The van der Waals surface area contributed by atoms with Crippen LogP contribution in [-0.2, 0) is 33.6 Å². The summed E-state index contributed by atoms with van der Waals surface area (Å²) in [5.41, 5.74) is 9.34. The maximum absolute atomic E-state index is 13.0. The molecule has 0 fully saturated rings. The molecule has 0 spiro atoms. The number of amides is 4. The van der Waals surface area contributed by atoms with Gasteiger partial charge in [-0.05, 0) is 30.6 Å². The van der Waals surface area contributed by atoms with E-state index in [1.165, 1.54) is 6.92 Å². The van der Waals surface area contributed by atoms with Crippen LogP contribution in [0.15, 0.2) is 0 Å². The minimum absolute atomic E-state index is 0.216. The quantitative estimate of drug-likeness (QED) is 0.118. The summed E-state index contributed by atoms with van der Waals surface area (Å²) < 4.78 is 0. The molecule has 0 bridgehead atoms. The van der Waals surface area contributed by atoms with Crippen molar-refractivity contribution in [1.29, 1.82) is 0 Å². The summed E-state index contributed by atoms with van der Waals surface area (Å²) in [7, 11) is 0. The third-order valence-electron chi connectivity index (χ3n) is 6.39. The van der Waals surface area contributed by atoms with Gasteiger partial charge < -0.3 is 42.7 Å². The van der Waals surface area contributed by atoms with E-state index in [1.807, 2.05) is 0 Å². The van der Waals surface area contributed by atoms with Crippen molar-refractivity contribution < 1.29 is 48.9 Å². The Kier molecular flexibility index (Phi) is 13.2. The van der Waals surface area contributed by atoms with Crippen LogP contribution >= 0.6 is 0 Å². The van der Waals surface area contributed by atoms with Gasteiger partial charge in [-0.1, -0.05) is 41.5 Å². The van der Waals surface area contributed by atoms with Crippen LogP contribution in [0.1, 0.15) is 67.7 Å². The highest BCUT2D eigenvalue weighted by molar-refractivity contribution is 5.95. The largest absolute Gasteiger partial charge is 0.481 e. The average Bonchev–Trinajstić information content (AvgIpc) is 2.76. The number of carbonyl (C=O) groups excluding carboxylic acids is 4. The van der Waals surface area contributed by atoms with E-state index in [9.17, 15) is 48.9 Å². The van der Waals surface area contributed by atoms with Gasteiger partial charge in [0.05, 0.1) is 24.3 Å². The second-order valence-electron chi connectivity index (χ2n) is 12.0. The van der Waals surface area contributed by atoms with E-state index in [0.29, 0.717) is 0 Å². The number of nitrogens with two attached hydrogens (primary N) is 2. The summed E-state index contributed by atoms with van der Waals surface area (Å²) in [5.74, 6) is -9.98.